The predicted octanol–water partition coefficient (Wildman–Crippen LogP) is 3.86. The summed E-state index contributed by atoms with van der Waals surface area (Å²) in [7, 11) is -4.26. The summed E-state index contributed by atoms with van der Waals surface area (Å²) in [5.74, 6) is 0.445. The van der Waals surface area contributed by atoms with Crippen molar-refractivity contribution in [1.82, 2.24) is 10.1 Å². The molecule has 6 nitrogen and oxygen atoms in total. The number of benzene rings is 2. The number of nitrogens with one attached hydrogen (secondary N) is 1. The predicted molar refractivity (Wildman–Crippen MR) is 86.7 cm³/mol. The highest BCUT2D eigenvalue weighted by atomic mass is 32.2. The van der Waals surface area contributed by atoms with E-state index in [1.807, 2.05) is 0 Å². The molecule has 0 spiro atoms. The van der Waals surface area contributed by atoms with Crippen molar-refractivity contribution in [2.24, 2.45) is 0 Å². The summed E-state index contributed by atoms with van der Waals surface area (Å²) in [5.41, 5.74) is -0.640. The quantitative estimate of drug-likeness (QED) is 0.739. The minimum Gasteiger partial charge on any atom is -0.334 e. The zero-order valence-electron chi connectivity index (χ0n) is 13.3. The molecule has 0 aliphatic heterocycles. The largest absolute Gasteiger partial charge is 0.416 e. The van der Waals surface area contributed by atoms with Gasteiger partial charge in [-0.2, -0.15) is 18.2 Å². The molecule has 0 atom stereocenters. The molecule has 0 fully saturated rings. The van der Waals surface area contributed by atoms with Crippen LogP contribution in [0.4, 0.5) is 18.9 Å². The van der Waals surface area contributed by atoms with Gasteiger partial charge in [-0.25, -0.2) is 8.42 Å². The molecule has 0 bridgehead atoms. The van der Waals surface area contributed by atoms with Crippen molar-refractivity contribution in [2.75, 3.05) is 4.72 Å². The van der Waals surface area contributed by atoms with Crippen LogP contribution in [0.5, 0.6) is 0 Å². The third kappa shape index (κ3) is 3.69. The van der Waals surface area contributed by atoms with Crippen LogP contribution < -0.4 is 4.72 Å². The molecule has 0 aliphatic rings. The van der Waals surface area contributed by atoms with Gasteiger partial charge in [0, 0.05) is 0 Å². The Kier molecular flexibility index (Phi) is 4.45. The van der Waals surface area contributed by atoms with E-state index in [0.29, 0.717) is 17.5 Å². The number of rotatable bonds is 4. The van der Waals surface area contributed by atoms with E-state index in [-0.39, 0.29) is 11.6 Å². The SMILES string of the molecule is Cc1noc(-c2ccccc2NS(=O)(=O)c2cccc(C(F)(F)F)c2)n1. The summed E-state index contributed by atoms with van der Waals surface area (Å²) in [6.07, 6.45) is -4.65. The number of alkyl halides is 3. The van der Waals surface area contributed by atoms with Crippen LogP contribution in [-0.4, -0.2) is 18.6 Å². The number of sulfonamides is 1. The first-order valence-corrected chi connectivity index (χ1v) is 8.75. The lowest BCUT2D eigenvalue weighted by molar-refractivity contribution is -0.137. The van der Waals surface area contributed by atoms with Crippen molar-refractivity contribution < 1.29 is 26.1 Å². The van der Waals surface area contributed by atoms with Crippen LogP contribution in [0.1, 0.15) is 11.4 Å². The number of nitrogens with zero attached hydrogens (tertiary/aromatic N) is 2. The lowest BCUT2D eigenvalue weighted by Crippen LogP contribution is -2.15. The molecular formula is C16H12F3N3O3S. The zero-order chi connectivity index (χ0) is 18.9. The topological polar surface area (TPSA) is 85.1 Å². The number of hydrogen-bond donors (Lipinski definition) is 1. The molecule has 3 rings (SSSR count). The Morgan fingerprint density at radius 1 is 1.08 bits per heavy atom. The van der Waals surface area contributed by atoms with Crippen LogP contribution in [0, 0.1) is 6.92 Å². The van der Waals surface area contributed by atoms with Crippen LogP contribution in [-0.2, 0) is 16.2 Å². The zero-order valence-corrected chi connectivity index (χ0v) is 14.1. The first-order valence-electron chi connectivity index (χ1n) is 7.26. The number of para-hydroxylation sites is 1. The first kappa shape index (κ1) is 17.9. The third-order valence-corrected chi connectivity index (χ3v) is 4.76. The molecule has 0 saturated heterocycles. The highest BCUT2D eigenvalue weighted by molar-refractivity contribution is 7.92. The van der Waals surface area contributed by atoms with Crippen molar-refractivity contribution in [1.29, 1.82) is 0 Å². The van der Waals surface area contributed by atoms with E-state index in [4.69, 9.17) is 4.52 Å². The highest BCUT2D eigenvalue weighted by Crippen LogP contribution is 2.32. The minimum atomic E-state index is -4.65. The molecule has 1 N–H and O–H groups in total. The molecule has 0 aliphatic carbocycles. The lowest BCUT2D eigenvalue weighted by Gasteiger charge is -2.12. The minimum absolute atomic E-state index is 0.0878. The second kappa shape index (κ2) is 6.45. The van der Waals surface area contributed by atoms with Gasteiger partial charge in [0.1, 0.15) is 0 Å². The fourth-order valence-corrected chi connectivity index (χ4v) is 3.33. The Bertz CT molecular complexity index is 1050. The summed E-state index contributed by atoms with van der Waals surface area (Å²) in [5, 5.41) is 3.64. The molecule has 1 heterocycles. The summed E-state index contributed by atoms with van der Waals surface area (Å²) >= 11 is 0. The Morgan fingerprint density at radius 2 is 1.81 bits per heavy atom. The smallest absolute Gasteiger partial charge is 0.334 e. The lowest BCUT2D eigenvalue weighted by atomic mass is 10.2. The van der Waals surface area contributed by atoms with E-state index in [1.165, 1.54) is 6.07 Å². The molecule has 0 saturated carbocycles. The summed E-state index contributed by atoms with van der Waals surface area (Å²) in [4.78, 5) is 3.52. The van der Waals surface area contributed by atoms with Gasteiger partial charge in [-0.3, -0.25) is 4.72 Å². The van der Waals surface area contributed by atoms with Crippen molar-refractivity contribution in [2.45, 2.75) is 18.0 Å². The van der Waals surface area contributed by atoms with E-state index in [0.717, 1.165) is 18.2 Å². The number of aryl methyl sites for hydroxylation is 1. The monoisotopic (exact) mass is 383 g/mol. The van der Waals surface area contributed by atoms with Crippen molar-refractivity contribution in [3.05, 3.63) is 59.9 Å². The normalized spacial score (nSPS) is 12.2. The van der Waals surface area contributed by atoms with E-state index in [2.05, 4.69) is 14.9 Å². The second-order valence-electron chi connectivity index (χ2n) is 5.32. The van der Waals surface area contributed by atoms with Crippen LogP contribution >= 0.6 is 0 Å². The molecule has 0 radical (unpaired) electrons. The maximum absolute atomic E-state index is 12.8. The van der Waals surface area contributed by atoms with Gasteiger partial charge in [-0.05, 0) is 37.3 Å². The maximum Gasteiger partial charge on any atom is 0.416 e. The molecule has 136 valence electrons. The van der Waals surface area contributed by atoms with E-state index >= 15 is 0 Å². The Morgan fingerprint density at radius 3 is 2.46 bits per heavy atom. The van der Waals surface area contributed by atoms with E-state index in [9.17, 15) is 21.6 Å². The average molecular weight is 383 g/mol. The molecule has 10 heteroatoms. The van der Waals surface area contributed by atoms with Crippen LogP contribution in [0.2, 0.25) is 0 Å². The third-order valence-electron chi connectivity index (χ3n) is 3.40. The number of hydrogen-bond acceptors (Lipinski definition) is 5. The number of halogens is 3. The van der Waals surface area contributed by atoms with Gasteiger partial charge in [0.2, 0.25) is 0 Å². The molecule has 2 aromatic carbocycles. The van der Waals surface area contributed by atoms with Crippen molar-refractivity contribution in [3.63, 3.8) is 0 Å². The molecule has 0 unspecified atom stereocenters. The second-order valence-corrected chi connectivity index (χ2v) is 7.01. The fourth-order valence-electron chi connectivity index (χ4n) is 2.21. The number of anilines is 1. The Hall–Kier alpha value is -2.88. The highest BCUT2D eigenvalue weighted by Gasteiger charge is 2.31. The number of aromatic nitrogens is 2. The van der Waals surface area contributed by atoms with Gasteiger partial charge < -0.3 is 4.52 Å². The summed E-state index contributed by atoms with van der Waals surface area (Å²) in [6, 6.07) is 9.68. The maximum atomic E-state index is 12.8. The first-order chi connectivity index (χ1) is 12.2. The van der Waals surface area contributed by atoms with Gasteiger partial charge in [0.05, 0.1) is 21.7 Å². The van der Waals surface area contributed by atoms with Crippen LogP contribution in [0.15, 0.2) is 57.9 Å². The van der Waals surface area contributed by atoms with Gasteiger partial charge >= 0.3 is 6.18 Å². The van der Waals surface area contributed by atoms with Crippen LogP contribution in [0.25, 0.3) is 11.5 Å². The van der Waals surface area contributed by atoms with E-state index < -0.39 is 26.7 Å². The van der Waals surface area contributed by atoms with E-state index in [1.54, 1.807) is 25.1 Å². The molecule has 26 heavy (non-hydrogen) atoms. The van der Waals surface area contributed by atoms with Crippen LogP contribution in [0.3, 0.4) is 0 Å². The fraction of sp³-hybridized carbons (Fsp3) is 0.125. The Labute approximate surface area is 146 Å². The summed E-state index contributed by atoms with van der Waals surface area (Å²) in [6.45, 7) is 1.60. The van der Waals surface area contributed by atoms with Gasteiger partial charge in [0.15, 0.2) is 5.82 Å². The standard InChI is InChI=1S/C16H12F3N3O3S/c1-10-20-15(25-21-10)13-7-2-3-8-14(13)22-26(23,24)12-6-4-5-11(9-12)16(17,18)19/h2-9,22H,1H3. The Balaban J connectivity index is 1.99. The average Bonchev–Trinajstić information content (AvgIpc) is 3.01. The molecule has 3 aromatic rings. The molecule has 0 amide bonds. The van der Waals surface area contributed by atoms with Gasteiger partial charge in [0.25, 0.3) is 15.9 Å². The van der Waals surface area contributed by atoms with Crippen molar-refractivity contribution in [3.8, 4) is 11.5 Å². The molecular weight excluding hydrogens is 371 g/mol. The van der Waals surface area contributed by atoms with Gasteiger partial charge in [-0.1, -0.05) is 23.4 Å². The van der Waals surface area contributed by atoms with Crippen molar-refractivity contribution >= 4 is 15.7 Å². The molecule has 1 aromatic heterocycles. The summed E-state index contributed by atoms with van der Waals surface area (Å²) < 4.78 is 70.8. The van der Waals surface area contributed by atoms with Gasteiger partial charge in [-0.15, -0.1) is 0 Å².